The van der Waals surface area contributed by atoms with Crippen molar-refractivity contribution < 1.29 is 9.53 Å². The number of nitrogens with one attached hydrogen (secondary N) is 1. The fourth-order valence-corrected chi connectivity index (χ4v) is 2.35. The van der Waals surface area contributed by atoms with Crippen molar-refractivity contribution in [1.29, 1.82) is 0 Å². The molecule has 0 spiro atoms. The Bertz CT molecular complexity index is 719. The quantitative estimate of drug-likeness (QED) is 0.917. The fraction of sp³-hybridized carbons (Fsp3) is 0.375. The Morgan fingerprint density at radius 3 is 2.67 bits per heavy atom. The van der Waals surface area contributed by atoms with Crippen molar-refractivity contribution in [3.05, 3.63) is 40.3 Å². The van der Waals surface area contributed by atoms with Gasteiger partial charge in [0.1, 0.15) is 11.4 Å². The molecule has 1 aromatic carbocycles. The maximum Gasteiger partial charge on any atom is 0.268 e. The molecular weight excluding hydrogens is 268 g/mol. The summed E-state index contributed by atoms with van der Waals surface area (Å²) in [6, 6.07) is 7.02. The number of aromatic nitrogens is 1. The summed E-state index contributed by atoms with van der Waals surface area (Å²) in [6.45, 7) is 4.87. The molecule has 0 bridgehead atoms. The molecular formula is C16H20N2O3. The van der Waals surface area contributed by atoms with Gasteiger partial charge in [0.15, 0.2) is 0 Å². The Labute approximate surface area is 123 Å². The molecule has 1 N–H and O–H groups in total. The van der Waals surface area contributed by atoms with E-state index in [1.807, 2.05) is 13.8 Å². The lowest BCUT2D eigenvalue weighted by molar-refractivity contribution is 0.0945. The summed E-state index contributed by atoms with van der Waals surface area (Å²) in [7, 11) is 1.57. The lowest BCUT2D eigenvalue weighted by Gasteiger charge is -2.13. The van der Waals surface area contributed by atoms with Crippen LogP contribution in [-0.4, -0.2) is 24.1 Å². The molecule has 0 aliphatic carbocycles. The number of benzene rings is 1. The Morgan fingerprint density at radius 1 is 1.29 bits per heavy atom. The minimum absolute atomic E-state index is 0.141. The van der Waals surface area contributed by atoms with Gasteiger partial charge in [-0.05, 0) is 43.0 Å². The highest BCUT2D eigenvalue weighted by atomic mass is 16.5. The molecule has 5 heteroatoms. The number of fused-ring (bicyclic) bond motifs is 1. The second-order valence-electron chi connectivity index (χ2n) is 4.80. The molecule has 1 heterocycles. The van der Waals surface area contributed by atoms with E-state index in [1.54, 1.807) is 35.9 Å². The minimum atomic E-state index is -0.229. The summed E-state index contributed by atoms with van der Waals surface area (Å²) in [5.74, 6) is 0.435. The molecule has 5 nitrogen and oxygen atoms in total. The van der Waals surface area contributed by atoms with Crippen LogP contribution < -0.4 is 15.6 Å². The third kappa shape index (κ3) is 2.91. The van der Waals surface area contributed by atoms with E-state index in [4.69, 9.17) is 4.74 Å². The van der Waals surface area contributed by atoms with E-state index in [9.17, 15) is 9.59 Å². The Hall–Kier alpha value is -2.30. The minimum Gasteiger partial charge on any atom is -0.497 e. The summed E-state index contributed by atoms with van der Waals surface area (Å²) in [6.07, 6.45) is 0.786. The zero-order chi connectivity index (χ0) is 15.4. The molecule has 0 atom stereocenters. The number of ether oxygens (including phenoxy) is 1. The SMILES string of the molecule is CCCn1c(C(=O)NCC)cc2cc(OC)ccc2c1=O. The second kappa shape index (κ2) is 6.43. The number of nitrogens with zero attached hydrogens (tertiary/aromatic N) is 1. The van der Waals surface area contributed by atoms with Gasteiger partial charge in [-0.1, -0.05) is 6.92 Å². The molecule has 0 saturated heterocycles. The zero-order valence-electron chi connectivity index (χ0n) is 12.6. The normalized spacial score (nSPS) is 10.6. The molecule has 112 valence electrons. The van der Waals surface area contributed by atoms with Crippen LogP contribution in [0.3, 0.4) is 0 Å². The number of hydrogen-bond donors (Lipinski definition) is 1. The van der Waals surface area contributed by atoms with Gasteiger partial charge in [-0.15, -0.1) is 0 Å². The largest absolute Gasteiger partial charge is 0.497 e. The molecule has 0 radical (unpaired) electrons. The van der Waals surface area contributed by atoms with Gasteiger partial charge in [0, 0.05) is 18.5 Å². The number of amides is 1. The third-order valence-corrected chi connectivity index (χ3v) is 3.33. The van der Waals surface area contributed by atoms with Crippen LogP contribution in [0.5, 0.6) is 5.75 Å². The van der Waals surface area contributed by atoms with Gasteiger partial charge in [-0.2, -0.15) is 0 Å². The lowest BCUT2D eigenvalue weighted by atomic mass is 10.1. The van der Waals surface area contributed by atoms with Gasteiger partial charge in [0.2, 0.25) is 0 Å². The van der Waals surface area contributed by atoms with E-state index < -0.39 is 0 Å². The van der Waals surface area contributed by atoms with Crippen LogP contribution >= 0.6 is 0 Å². The smallest absolute Gasteiger partial charge is 0.268 e. The van der Waals surface area contributed by atoms with Crippen molar-refractivity contribution in [1.82, 2.24) is 9.88 Å². The van der Waals surface area contributed by atoms with E-state index >= 15 is 0 Å². The van der Waals surface area contributed by atoms with Gasteiger partial charge in [-0.25, -0.2) is 0 Å². The number of carbonyl (C=O) groups excluding carboxylic acids is 1. The maximum atomic E-state index is 12.6. The van der Waals surface area contributed by atoms with Crippen LogP contribution in [0.2, 0.25) is 0 Å². The molecule has 1 amide bonds. The molecule has 0 fully saturated rings. The highest BCUT2D eigenvalue weighted by molar-refractivity contribution is 5.97. The zero-order valence-corrected chi connectivity index (χ0v) is 12.6. The van der Waals surface area contributed by atoms with Crippen molar-refractivity contribution in [2.24, 2.45) is 0 Å². The standard InChI is InChI=1S/C16H20N2O3/c1-4-8-18-14(15(19)17-5-2)10-11-9-12(21-3)6-7-13(11)16(18)20/h6-7,9-10H,4-5,8H2,1-3H3,(H,17,19). The Kier molecular flexibility index (Phi) is 4.62. The Balaban J connectivity index is 2.71. The third-order valence-electron chi connectivity index (χ3n) is 3.33. The molecule has 0 saturated carbocycles. The number of hydrogen-bond acceptors (Lipinski definition) is 3. The average Bonchev–Trinajstić information content (AvgIpc) is 2.49. The predicted octanol–water partition coefficient (Wildman–Crippen LogP) is 2.17. The molecule has 21 heavy (non-hydrogen) atoms. The number of rotatable bonds is 5. The highest BCUT2D eigenvalue weighted by Gasteiger charge is 2.15. The van der Waals surface area contributed by atoms with Gasteiger partial charge >= 0.3 is 0 Å². The summed E-state index contributed by atoms with van der Waals surface area (Å²) in [5, 5.41) is 4.06. The Morgan fingerprint density at radius 2 is 2.05 bits per heavy atom. The van der Waals surface area contributed by atoms with E-state index in [1.165, 1.54) is 0 Å². The topological polar surface area (TPSA) is 60.3 Å². The van der Waals surface area contributed by atoms with Crippen molar-refractivity contribution in [3.63, 3.8) is 0 Å². The number of pyridine rings is 1. The first-order valence-electron chi connectivity index (χ1n) is 7.12. The predicted molar refractivity (Wildman–Crippen MR) is 83.1 cm³/mol. The van der Waals surface area contributed by atoms with Gasteiger partial charge in [0.05, 0.1) is 7.11 Å². The first kappa shape index (κ1) is 15.1. The average molecular weight is 288 g/mol. The first-order chi connectivity index (χ1) is 10.1. The molecule has 0 unspecified atom stereocenters. The van der Waals surface area contributed by atoms with Crippen molar-refractivity contribution >= 4 is 16.7 Å². The lowest BCUT2D eigenvalue weighted by Crippen LogP contribution is -2.32. The number of methoxy groups -OCH3 is 1. The molecule has 1 aromatic heterocycles. The molecule has 0 aliphatic heterocycles. The van der Waals surface area contributed by atoms with Gasteiger partial charge < -0.3 is 14.6 Å². The van der Waals surface area contributed by atoms with Gasteiger partial charge in [-0.3, -0.25) is 9.59 Å². The fourth-order valence-electron chi connectivity index (χ4n) is 2.35. The maximum absolute atomic E-state index is 12.6. The highest BCUT2D eigenvalue weighted by Crippen LogP contribution is 2.19. The second-order valence-corrected chi connectivity index (χ2v) is 4.80. The van der Waals surface area contributed by atoms with Crippen molar-refractivity contribution in [3.8, 4) is 5.75 Å². The summed E-state index contributed by atoms with van der Waals surface area (Å²) < 4.78 is 6.72. The van der Waals surface area contributed by atoms with Crippen molar-refractivity contribution in [2.45, 2.75) is 26.8 Å². The number of carbonyl (C=O) groups is 1. The van der Waals surface area contributed by atoms with Crippen LogP contribution in [0, 0.1) is 0 Å². The summed E-state index contributed by atoms with van der Waals surface area (Å²) in [4.78, 5) is 24.8. The van der Waals surface area contributed by atoms with Crippen LogP contribution in [0.1, 0.15) is 30.8 Å². The molecule has 2 aromatic rings. The summed E-state index contributed by atoms with van der Waals surface area (Å²) in [5.41, 5.74) is 0.253. The molecule has 0 aliphatic rings. The van der Waals surface area contributed by atoms with Gasteiger partial charge in [0.25, 0.3) is 11.5 Å². The van der Waals surface area contributed by atoms with E-state index in [-0.39, 0.29) is 11.5 Å². The van der Waals surface area contributed by atoms with Crippen LogP contribution in [-0.2, 0) is 6.54 Å². The van der Waals surface area contributed by atoms with E-state index in [0.717, 1.165) is 6.42 Å². The van der Waals surface area contributed by atoms with Crippen LogP contribution in [0.25, 0.3) is 10.8 Å². The summed E-state index contributed by atoms with van der Waals surface area (Å²) >= 11 is 0. The van der Waals surface area contributed by atoms with Crippen LogP contribution in [0.15, 0.2) is 29.1 Å². The van der Waals surface area contributed by atoms with E-state index in [2.05, 4.69) is 5.32 Å². The monoisotopic (exact) mass is 288 g/mol. The first-order valence-corrected chi connectivity index (χ1v) is 7.12. The molecule has 2 rings (SSSR count). The van der Waals surface area contributed by atoms with Crippen LogP contribution in [0.4, 0.5) is 0 Å². The van der Waals surface area contributed by atoms with Crippen molar-refractivity contribution in [2.75, 3.05) is 13.7 Å². The van der Waals surface area contributed by atoms with E-state index in [0.29, 0.717) is 35.3 Å².